The maximum absolute atomic E-state index is 13.4. The van der Waals surface area contributed by atoms with E-state index in [-0.39, 0.29) is 5.91 Å². The molecule has 1 spiro atoms. The molecule has 0 saturated heterocycles. The fourth-order valence-electron chi connectivity index (χ4n) is 4.49. The minimum Gasteiger partial charge on any atom is -0.710 e. The molecule has 0 atom stereocenters. The van der Waals surface area contributed by atoms with Crippen LogP contribution in [0.4, 0.5) is 17.5 Å². The molecule has 0 unspecified atom stereocenters. The summed E-state index contributed by atoms with van der Waals surface area (Å²) in [5, 5.41) is 22.8. The number of fused-ring (bicyclic) bond motifs is 2. The van der Waals surface area contributed by atoms with Crippen molar-refractivity contribution in [2.75, 3.05) is 30.9 Å². The Bertz CT molecular complexity index is 943. The van der Waals surface area contributed by atoms with Crippen molar-refractivity contribution in [2.24, 2.45) is 0 Å². The van der Waals surface area contributed by atoms with Gasteiger partial charge in [-0.3, -0.25) is 4.79 Å². The van der Waals surface area contributed by atoms with E-state index in [9.17, 15) is 10.0 Å². The predicted octanol–water partition coefficient (Wildman–Crippen LogP) is 2.51. The van der Waals surface area contributed by atoms with Gasteiger partial charge in [-0.2, -0.15) is 4.98 Å². The molecule has 3 heterocycles. The van der Waals surface area contributed by atoms with Crippen molar-refractivity contribution in [2.45, 2.75) is 51.0 Å². The van der Waals surface area contributed by atoms with Gasteiger partial charge >= 0.3 is 0 Å². The Morgan fingerprint density at radius 1 is 1.23 bits per heavy atom. The van der Waals surface area contributed by atoms with Crippen LogP contribution in [-0.2, 0) is 10.3 Å². The zero-order valence-electron chi connectivity index (χ0n) is 17.5. The summed E-state index contributed by atoms with van der Waals surface area (Å²) in [6.07, 6.45) is 7.02. The molecule has 2 aromatic heterocycles. The summed E-state index contributed by atoms with van der Waals surface area (Å²) in [6.45, 7) is 3.26. The van der Waals surface area contributed by atoms with Crippen molar-refractivity contribution in [1.29, 1.82) is 0 Å². The summed E-state index contributed by atoms with van der Waals surface area (Å²) in [5.74, 6) is 1.39. The lowest BCUT2D eigenvalue weighted by Gasteiger charge is -2.34. The molecule has 1 aliphatic heterocycles. The van der Waals surface area contributed by atoms with Crippen LogP contribution in [0.15, 0.2) is 18.5 Å². The summed E-state index contributed by atoms with van der Waals surface area (Å²) >= 11 is 0. The first kappa shape index (κ1) is 20.3. The summed E-state index contributed by atoms with van der Waals surface area (Å²) in [7, 11) is 1.67. The zero-order chi connectivity index (χ0) is 21.1. The van der Waals surface area contributed by atoms with Crippen LogP contribution in [0.3, 0.4) is 0 Å². The minimum absolute atomic E-state index is 0.148. The van der Waals surface area contributed by atoms with E-state index in [1.807, 2.05) is 6.92 Å². The van der Waals surface area contributed by atoms with Crippen molar-refractivity contribution in [3.8, 4) is 0 Å². The Kier molecular flexibility index (Phi) is 5.72. The number of methoxy groups -OCH3 is 1. The number of hydrogen-bond acceptors (Lipinski definition) is 7. The lowest BCUT2D eigenvalue weighted by Crippen LogP contribution is -2.49. The van der Waals surface area contributed by atoms with E-state index in [4.69, 9.17) is 4.74 Å². The molecule has 30 heavy (non-hydrogen) atoms. The number of carbonyl (C=O) groups is 1. The van der Waals surface area contributed by atoms with Crippen LogP contribution in [0, 0.1) is 12.1 Å². The van der Waals surface area contributed by atoms with E-state index in [2.05, 4.69) is 25.9 Å². The molecule has 2 aromatic rings. The van der Waals surface area contributed by atoms with Crippen molar-refractivity contribution in [1.82, 2.24) is 15.3 Å². The average Bonchev–Trinajstić information content (AvgIpc) is 3.02. The largest absolute Gasteiger partial charge is 0.710 e. The number of carbonyl (C=O) groups excluding carboxylic acids is 1. The van der Waals surface area contributed by atoms with Crippen molar-refractivity contribution in [3.05, 3.63) is 40.5 Å². The van der Waals surface area contributed by atoms with Crippen LogP contribution in [0.1, 0.15) is 60.1 Å². The monoisotopic (exact) mass is 412 g/mol. The van der Waals surface area contributed by atoms with Gasteiger partial charge in [0.15, 0.2) is 0 Å². The Morgan fingerprint density at radius 2 is 2.00 bits per heavy atom. The first-order valence-corrected chi connectivity index (χ1v) is 10.5. The Balaban J connectivity index is 1.61. The number of anilines is 3. The van der Waals surface area contributed by atoms with Gasteiger partial charge < -0.3 is 20.6 Å². The number of hydrogen-bond donors (Lipinski definition) is 3. The first-order valence-electron chi connectivity index (χ1n) is 10.5. The molecule has 9 nitrogen and oxygen atoms in total. The van der Waals surface area contributed by atoms with E-state index in [0.29, 0.717) is 35.3 Å². The minimum atomic E-state index is -0.561. The highest BCUT2D eigenvalue weighted by Gasteiger charge is 2.48. The SMILES string of the molecule is COCCCNc1cc(Nc2cc(C)c3c([n+]2[O-])C2(CCCCC2)NC3=O)ncn1. The normalized spacial score (nSPS) is 16.9. The number of aryl methyl sites for hydroxylation is 1. The number of amides is 1. The highest BCUT2D eigenvalue weighted by Crippen LogP contribution is 2.42. The molecule has 0 radical (unpaired) electrons. The standard InChI is InChI=1S/C21H28N6O3/c1-14-11-17(25-16-12-15(23-13-24-16)22-9-6-10-30-2)27(29)19-18(14)20(28)26-21(19)7-4-3-5-8-21/h11-13H,3-10H2,1-2H3,(H,26,28)(H2,22,23,24,25). The highest BCUT2D eigenvalue weighted by atomic mass is 16.5. The fraction of sp³-hybridized carbons (Fsp3) is 0.524. The number of rotatable bonds is 7. The summed E-state index contributed by atoms with van der Waals surface area (Å²) < 4.78 is 5.92. The van der Waals surface area contributed by atoms with Gasteiger partial charge in [0.2, 0.25) is 5.82 Å². The molecule has 1 saturated carbocycles. The van der Waals surface area contributed by atoms with Gasteiger partial charge in [-0.1, -0.05) is 19.3 Å². The smallest absolute Gasteiger partial charge is 0.284 e. The van der Waals surface area contributed by atoms with Crippen LogP contribution in [0.5, 0.6) is 0 Å². The molecule has 0 aromatic carbocycles. The molecule has 4 rings (SSSR count). The third-order valence-corrected chi connectivity index (χ3v) is 5.90. The van der Waals surface area contributed by atoms with Gasteiger partial charge in [0.25, 0.3) is 11.7 Å². The first-order chi connectivity index (χ1) is 14.5. The molecular formula is C21H28N6O3. The lowest BCUT2D eigenvalue weighted by molar-refractivity contribution is -0.603. The summed E-state index contributed by atoms with van der Waals surface area (Å²) in [6, 6.07) is 3.47. The molecule has 2 aliphatic rings. The lowest BCUT2D eigenvalue weighted by atomic mass is 9.79. The number of nitrogens with one attached hydrogen (secondary N) is 3. The van der Waals surface area contributed by atoms with Gasteiger partial charge in [0.1, 0.15) is 23.4 Å². The van der Waals surface area contributed by atoms with Gasteiger partial charge in [-0.25, -0.2) is 15.0 Å². The van der Waals surface area contributed by atoms with Crippen LogP contribution >= 0.6 is 0 Å². The Hall–Kier alpha value is -2.94. The molecule has 1 aliphatic carbocycles. The number of nitrogens with zero attached hydrogens (tertiary/aromatic N) is 3. The van der Waals surface area contributed by atoms with E-state index >= 15 is 0 Å². The van der Waals surface area contributed by atoms with Crippen molar-refractivity contribution < 1.29 is 14.3 Å². The summed E-state index contributed by atoms with van der Waals surface area (Å²) in [4.78, 5) is 21.1. The van der Waals surface area contributed by atoms with Crippen LogP contribution in [0.2, 0.25) is 0 Å². The van der Waals surface area contributed by atoms with Crippen LogP contribution < -0.4 is 20.7 Å². The molecule has 1 fully saturated rings. The Morgan fingerprint density at radius 3 is 2.77 bits per heavy atom. The molecule has 0 bridgehead atoms. The third-order valence-electron chi connectivity index (χ3n) is 5.90. The molecule has 1 amide bonds. The van der Waals surface area contributed by atoms with E-state index in [1.54, 1.807) is 19.2 Å². The average molecular weight is 412 g/mol. The molecular weight excluding hydrogens is 384 g/mol. The van der Waals surface area contributed by atoms with E-state index in [1.165, 1.54) is 6.33 Å². The predicted molar refractivity (Wildman–Crippen MR) is 113 cm³/mol. The molecule has 3 N–H and O–H groups in total. The van der Waals surface area contributed by atoms with E-state index in [0.717, 1.165) is 55.4 Å². The molecule has 160 valence electrons. The van der Waals surface area contributed by atoms with Crippen LogP contribution in [0.25, 0.3) is 0 Å². The quantitative estimate of drug-likeness (QED) is 0.364. The van der Waals surface area contributed by atoms with Crippen molar-refractivity contribution >= 4 is 23.4 Å². The fourth-order valence-corrected chi connectivity index (χ4v) is 4.49. The zero-order valence-corrected chi connectivity index (χ0v) is 17.5. The third kappa shape index (κ3) is 3.77. The van der Waals surface area contributed by atoms with Gasteiger partial charge in [-0.15, -0.1) is 0 Å². The maximum atomic E-state index is 13.4. The van der Waals surface area contributed by atoms with E-state index < -0.39 is 5.54 Å². The van der Waals surface area contributed by atoms with Crippen molar-refractivity contribution in [3.63, 3.8) is 0 Å². The van der Waals surface area contributed by atoms with Gasteiger partial charge in [0.05, 0.1) is 5.56 Å². The topological polar surface area (TPSA) is 115 Å². The second kappa shape index (κ2) is 8.43. The Labute approximate surface area is 175 Å². The number of pyridine rings is 1. The second-order valence-electron chi connectivity index (χ2n) is 8.01. The van der Waals surface area contributed by atoms with Gasteiger partial charge in [0, 0.05) is 32.4 Å². The second-order valence-corrected chi connectivity index (χ2v) is 8.01. The maximum Gasteiger partial charge on any atom is 0.284 e. The van der Waals surface area contributed by atoms with Crippen LogP contribution in [-0.4, -0.2) is 36.1 Å². The number of aromatic nitrogens is 3. The summed E-state index contributed by atoms with van der Waals surface area (Å²) in [5.41, 5.74) is 1.28. The van der Waals surface area contributed by atoms with Gasteiger partial charge in [-0.05, 0) is 31.7 Å². The number of ether oxygens (including phenoxy) is 1. The molecule has 9 heteroatoms. The highest BCUT2D eigenvalue weighted by molar-refractivity contribution is 6.00.